The van der Waals surface area contributed by atoms with Crippen LogP contribution in [0.2, 0.25) is 0 Å². The quantitative estimate of drug-likeness (QED) is 0.756. The predicted octanol–water partition coefficient (Wildman–Crippen LogP) is 2.54. The summed E-state index contributed by atoms with van der Waals surface area (Å²) in [6.45, 7) is 1.83. The van der Waals surface area contributed by atoms with E-state index in [1.165, 1.54) is 25.3 Å². The number of aryl methyl sites for hydroxylation is 1. The monoisotopic (exact) mass is 385 g/mol. The summed E-state index contributed by atoms with van der Waals surface area (Å²) >= 11 is 0. The van der Waals surface area contributed by atoms with Crippen molar-refractivity contribution in [2.45, 2.75) is 24.3 Å². The minimum absolute atomic E-state index is 0.0491. The van der Waals surface area contributed by atoms with E-state index >= 15 is 0 Å². The van der Waals surface area contributed by atoms with Crippen molar-refractivity contribution < 1.29 is 22.7 Å². The lowest BCUT2D eigenvalue weighted by Crippen LogP contribution is -2.50. The maximum atomic E-state index is 13.1. The van der Waals surface area contributed by atoms with Gasteiger partial charge in [-0.3, -0.25) is 4.79 Å². The number of benzene rings is 2. The van der Waals surface area contributed by atoms with E-state index in [-0.39, 0.29) is 11.3 Å². The number of hydrogen-bond donors (Lipinski definition) is 0. The number of esters is 1. The summed E-state index contributed by atoms with van der Waals surface area (Å²) in [4.78, 5) is 25.0. The summed E-state index contributed by atoms with van der Waals surface area (Å²) in [7, 11) is -3.03. The zero-order chi connectivity index (χ0) is 19.6. The van der Waals surface area contributed by atoms with E-state index in [0.717, 1.165) is 11.1 Å². The Kier molecular flexibility index (Phi) is 5.14. The highest BCUT2D eigenvalue weighted by molar-refractivity contribution is 7.89. The molecule has 0 fully saturated rings. The fourth-order valence-corrected chi connectivity index (χ4v) is 4.49. The number of carbonyl (C=O) groups is 2. The van der Waals surface area contributed by atoms with Crippen molar-refractivity contribution in [3.05, 3.63) is 71.8 Å². The standard InChI is InChI=1S/C20H19NO5S/c1-14-8-10-17(11-9-14)27(24,25)21-18(20(23)26-2)12-16(13-19(21)22)15-6-4-3-5-7-15/h3-11,13,18H,12H2,1-2H3. The first-order chi connectivity index (χ1) is 12.8. The summed E-state index contributed by atoms with van der Waals surface area (Å²) in [6, 6.07) is 13.9. The lowest BCUT2D eigenvalue weighted by atomic mass is 9.95. The molecule has 3 rings (SSSR count). The molecule has 1 atom stereocenters. The van der Waals surface area contributed by atoms with Crippen LogP contribution < -0.4 is 0 Å². The Labute approximate surface area is 158 Å². The van der Waals surface area contributed by atoms with Crippen LogP contribution in [0.3, 0.4) is 0 Å². The van der Waals surface area contributed by atoms with Gasteiger partial charge in [0.25, 0.3) is 15.9 Å². The van der Waals surface area contributed by atoms with Gasteiger partial charge in [0.05, 0.1) is 12.0 Å². The summed E-state index contributed by atoms with van der Waals surface area (Å²) in [5.41, 5.74) is 2.23. The van der Waals surface area contributed by atoms with E-state index in [1.807, 2.05) is 25.1 Å². The third-order valence-corrected chi connectivity index (χ3v) is 6.23. The highest BCUT2D eigenvalue weighted by Crippen LogP contribution is 2.31. The van der Waals surface area contributed by atoms with Crippen LogP contribution in [0, 0.1) is 6.92 Å². The van der Waals surface area contributed by atoms with E-state index < -0.39 is 27.9 Å². The molecule has 0 N–H and O–H groups in total. The molecule has 0 saturated heterocycles. The average molecular weight is 385 g/mol. The molecular formula is C20H19NO5S. The summed E-state index contributed by atoms with van der Waals surface area (Å²) in [5, 5.41) is 0. The van der Waals surface area contributed by atoms with Crippen LogP contribution in [0.4, 0.5) is 0 Å². The van der Waals surface area contributed by atoms with Gasteiger partial charge in [-0.05, 0) is 30.2 Å². The van der Waals surface area contributed by atoms with E-state index in [1.54, 1.807) is 24.3 Å². The number of amides is 1. The Balaban J connectivity index is 2.07. The van der Waals surface area contributed by atoms with Crippen molar-refractivity contribution >= 4 is 27.5 Å². The zero-order valence-corrected chi connectivity index (χ0v) is 15.8. The topological polar surface area (TPSA) is 80.8 Å². The Bertz CT molecular complexity index is 994. The third kappa shape index (κ3) is 3.64. The van der Waals surface area contributed by atoms with Crippen molar-refractivity contribution in [2.75, 3.05) is 7.11 Å². The Morgan fingerprint density at radius 2 is 1.70 bits per heavy atom. The highest BCUT2D eigenvalue weighted by atomic mass is 32.2. The molecule has 27 heavy (non-hydrogen) atoms. The van der Waals surface area contributed by atoms with Crippen LogP contribution in [0.1, 0.15) is 17.5 Å². The molecule has 7 heteroatoms. The van der Waals surface area contributed by atoms with Gasteiger partial charge in [-0.25, -0.2) is 17.5 Å². The van der Waals surface area contributed by atoms with Crippen LogP contribution >= 0.6 is 0 Å². The van der Waals surface area contributed by atoms with Crippen LogP contribution in [0.25, 0.3) is 5.57 Å². The molecule has 1 aliphatic rings. The SMILES string of the molecule is COC(=O)C1CC(c2ccccc2)=CC(=O)N1S(=O)(=O)c1ccc(C)cc1. The smallest absolute Gasteiger partial charge is 0.330 e. The Morgan fingerprint density at radius 3 is 2.30 bits per heavy atom. The molecule has 0 aliphatic carbocycles. The molecule has 1 amide bonds. The lowest BCUT2D eigenvalue weighted by Gasteiger charge is -2.32. The minimum Gasteiger partial charge on any atom is -0.467 e. The number of carbonyl (C=O) groups excluding carboxylic acids is 2. The number of nitrogens with zero attached hydrogens (tertiary/aromatic N) is 1. The fourth-order valence-electron chi connectivity index (χ4n) is 2.99. The van der Waals surface area contributed by atoms with E-state index in [4.69, 9.17) is 4.74 Å². The maximum Gasteiger partial charge on any atom is 0.330 e. The van der Waals surface area contributed by atoms with Gasteiger partial charge in [0, 0.05) is 12.5 Å². The third-order valence-electron chi connectivity index (χ3n) is 4.41. The lowest BCUT2D eigenvalue weighted by molar-refractivity contribution is -0.148. The molecule has 0 aromatic heterocycles. The van der Waals surface area contributed by atoms with Gasteiger partial charge in [0.15, 0.2) is 0 Å². The van der Waals surface area contributed by atoms with Crippen molar-refractivity contribution in [1.29, 1.82) is 0 Å². The average Bonchev–Trinajstić information content (AvgIpc) is 2.67. The van der Waals surface area contributed by atoms with E-state index in [9.17, 15) is 18.0 Å². The van der Waals surface area contributed by atoms with Crippen LogP contribution in [-0.2, 0) is 24.3 Å². The molecule has 0 radical (unpaired) electrons. The van der Waals surface area contributed by atoms with Crippen molar-refractivity contribution in [1.82, 2.24) is 4.31 Å². The molecule has 6 nitrogen and oxygen atoms in total. The molecule has 1 aliphatic heterocycles. The van der Waals surface area contributed by atoms with Gasteiger partial charge < -0.3 is 4.74 Å². The van der Waals surface area contributed by atoms with Gasteiger partial charge in [-0.15, -0.1) is 0 Å². The van der Waals surface area contributed by atoms with Crippen molar-refractivity contribution in [3.63, 3.8) is 0 Å². The van der Waals surface area contributed by atoms with Crippen LogP contribution in [0.5, 0.6) is 0 Å². The first-order valence-electron chi connectivity index (χ1n) is 8.33. The molecule has 2 aromatic carbocycles. The molecule has 0 saturated carbocycles. The molecule has 0 bridgehead atoms. The van der Waals surface area contributed by atoms with Crippen molar-refractivity contribution in [3.8, 4) is 0 Å². The Hall–Kier alpha value is -2.93. The number of ether oxygens (including phenoxy) is 1. The highest BCUT2D eigenvalue weighted by Gasteiger charge is 2.42. The molecule has 2 aromatic rings. The number of hydrogen-bond acceptors (Lipinski definition) is 5. The number of rotatable bonds is 4. The van der Waals surface area contributed by atoms with Crippen LogP contribution in [-0.4, -0.2) is 37.8 Å². The molecule has 140 valence electrons. The second-order valence-electron chi connectivity index (χ2n) is 6.23. The molecule has 0 spiro atoms. The first-order valence-corrected chi connectivity index (χ1v) is 9.77. The first kappa shape index (κ1) is 18.8. The maximum absolute atomic E-state index is 13.1. The summed E-state index contributed by atoms with van der Waals surface area (Å²) in [5.74, 6) is -1.54. The largest absolute Gasteiger partial charge is 0.467 e. The number of sulfonamides is 1. The van der Waals surface area contributed by atoms with Crippen LogP contribution in [0.15, 0.2) is 65.6 Å². The second-order valence-corrected chi connectivity index (χ2v) is 8.05. The second kappa shape index (κ2) is 7.36. The van der Waals surface area contributed by atoms with Gasteiger partial charge in [0.2, 0.25) is 0 Å². The molecular weight excluding hydrogens is 366 g/mol. The number of methoxy groups -OCH3 is 1. The van der Waals surface area contributed by atoms with Crippen molar-refractivity contribution in [2.24, 2.45) is 0 Å². The molecule has 1 heterocycles. The van der Waals surface area contributed by atoms with E-state index in [0.29, 0.717) is 9.88 Å². The van der Waals surface area contributed by atoms with Gasteiger partial charge in [-0.1, -0.05) is 48.0 Å². The molecule has 1 unspecified atom stereocenters. The predicted molar refractivity (Wildman–Crippen MR) is 100 cm³/mol. The zero-order valence-electron chi connectivity index (χ0n) is 15.0. The summed E-state index contributed by atoms with van der Waals surface area (Å²) in [6.07, 6.45) is 1.31. The fraction of sp³-hybridized carbons (Fsp3) is 0.200. The van der Waals surface area contributed by atoms with Gasteiger partial charge in [-0.2, -0.15) is 0 Å². The normalized spacial score (nSPS) is 17.4. The minimum atomic E-state index is -4.20. The van der Waals surface area contributed by atoms with Gasteiger partial charge >= 0.3 is 5.97 Å². The Morgan fingerprint density at radius 1 is 1.07 bits per heavy atom. The van der Waals surface area contributed by atoms with E-state index in [2.05, 4.69) is 0 Å². The van der Waals surface area contributed by atoms with Gasteiger partial charge in [0.1, 0.15) is 6.04 Å². The summed E-state index contributed by atoms with van der Waals surface area (Å²) < 4.78 is 31.5.